The van der Waals surface area contributed by atoms with E-state index >= 15 is 0 Å². The first-order valence-corrected chi connectivity index (χ1v) is 10.9. The fourth-order valence-electron chi connectivity index (χ4n) is 5.03. The van der Waals surface area contributed by atoms with Crippen LogP contribution in [0.25, 0.3) is 5.57 Å². The van der Waals surface area contributed by atoms with Gasteiger partial charge in [-0.05, 0) is 78.8 Å². The topological polar surface area (TPSA) is 3.24 Å². The van der Waals surface area contributed by atoms with E-state index in [1.165, 1.54) is 73.1 Å². The van der Waals surface area contributed by atoms with Crippen molar-refractivity contribution in [3.8, 4) is 0 Å². The molecule has 2 aliphatic rings. The fraction of sp³-hybridized carbons (Fsp3) is 0.462. The molecular formula is C26H33N. The molecule has 1 aliphatic carbocycles. The van der Waals surface area contributed by atoms with Gasteiger partial charge in [0.15, 0.2) is 0 Å². The van der Waals surface area contributed by atoms with Crippen LogP contribution < -0.4 is 0 Å². The number of hydrogen-bond acceptors (Lipinski definition) is 1. The van der Waals surface area contributed by atoms with E-state index in [-0.39, 0.29) is 0 Å². The molecule has 1 aliphatic heterocycles. The van der Waals surface area contributed by atoms with E-state index in [4.69, 9.17) is 0 Å². The molecule has 142 valence electrons. The number of fused-ring (bicyclic) bond motifs is 2. The molecule has 0 aromatic heterocycles. The van der Waals surface area contributed by atoms with Crippen LogP contribution in [-0.4, -0.2) is 24.5 Å². The van der Waals surface area contributed by atoms with Gasteiger partial charge in [0.1, 0.15) is 0 Å². The number of benzene rings is 2. The van der Waals surface area contributed by atoms with Gasteiger partial charge in [0, 0.05) is 13.1 Å². The molecular weight excluding hydrogens is 326 g/mol. The van der Waals surface area contributed by atoms with Crippen molar-refractivity contribution in [2.24, 2.45) is 5.92 Å². The third kappa shape index (κ3) is 4.35. The highest BCUT2D eigenvalue weighted by atomic mass is 15.1. The SMILES string of the molecule is CCCC1CCCN(CCC=C2c3ccccc3CCc3ccccc32)C1. The standard InChI is InChI=1S/C26H33N/c1-2-9-21-10-7-18-27(20-21)19-8-15-26-24-13-5-3-11-22(24)16-17-23-12-4-6-14-25(23)26/h3-6,11-15,21H,2,7-10,16-20H2,1H3. The summed E-state index contributed by atoms with van der Waals surface area (Å²) in [7, 11) is 0. The minimum atomic E-state index is 0.927. The van der Waals surface area contributed by atoms with Crippen molar-refractivity contribution < 1.29 is 0 Å². The number of hydrogen-bond donors (Lipinski definition) is 0. The van der Waals surface area contributed by atoms with Gasteiger partial charge in [-0.1, -0.05) is 68.0 Å². The van der Waals surface area contributed by atoms with Crippen molar-refractivity contribution >= 4 is 5.57 Å². The molecule has 27 heavy (non-hydrogen) atoms. The summed E-state index contributed by atoms with van der Waals surface area (Å²) >= 11 is 0. The van der Waals surface area contributed by atoms with E-state index < -0.39 is 0 Å². The van der Waals surface area contributed by atoms with Gasteiger partial charge in [0.2, 0.25) is 0 Å². The Balaban J connectivity index is 1.53. The Morgan fingerprint density at radius 2 is 1.63 bits per heavy atom. The molecule has 1 atom stereocenters. The van der Waals surface area contributed by atoms with Crippen molar-refractivity contribution in [3.63, 3.8) is 0 Å². The summed E-state index contributed by atoms with van der Waals surface area (Å²) in [5, 5.41) is 0. The number of nitrogens with zero attached hydrogens (tertiary/aromatic N) is 1. The fourth-order valence-corrected chi connectivity index (χ4v) is 5.03. The van der Waals surface area contributed by atoms with Gasteiger partial charge in [-0.15, -0.1) is 0 Å². The Labute approximate surface area is 165 Å². The van der Waals surface area contributed by atoms with Gasteiger partial charge >= 0.3 is 0 Å². The molecule has 1 fully saturated rings. The minimum Gasteiger partial charge on any atom is -0.303 e. The molecule has 0 amide bonds. The van der Waals surface area contributed by atoms with Crippen LogP contribution in [0.1, 0.15) is 61.3 Å². The maximum atomic E-state index is 2.70. The minimum absolute atomic E-state index is 0.927. The highest BCUT2D eigenvalue weighted by Gasteiger charge is 2.20. The average molecular weight is 360 g/mol. The van der Waals surface area contributed by atoms with E-state index in [1.807, 2.05) is 0 Å². The van der Waals surface area contributed by atoms with Gasteiger partial charge in [-0.2, -0.15) is 0 Å². The molecule has 2 aromatic carbocycles. The van der Waals surface area contributed by atoms with E-state index in [2.05, 4.69) is 66.4 Å². The Morgan fingerprint density at radius 3 is 2.30 bits per heavy atom. The highest BCUT2D eigenvalue weighted by molar-refractivity contribution is 5.83. The van der Waals surface area contributed by atoms with Gasteiger partial charge in [-0.25, -0.2) is 0 Å². The maximum Gasteiger partial charge on any atom is 0.00164 e. The molecule has 2 aromatic rings. The zero-order valence-corrected chi connectivity index (χ0v) is 16.8. The molecule has 1 heterocycles. The van der Waals surface area contributed by atoms with Gasteiger partial charge in [-0.3, -0.25) is 0 Å². The van der Waals surface area contributed by atoms with Crippen LogP contribution in [0.4, 0.5) is 0 Å². The van der Waals surface area contributed by atoms with Crippen molar-refractivity contribution in [1.82, 2.24) is 4.90 Å². The van der Waals surface area contributed by atoms with Crippen molar-refractivity contribution in [1.29, 1.82) is 0 Å². The Hall–Kier alpha value is -1.86. The van der Waals surface area contributed by atoms with Crippen LogP contribution >= 0.6 is 0 Å². The molecule has 0 radical (unpaired) electrons. The maximum absolute atomic E-state index is 2.70. The van der Waals surface area contributed by atoms with Crippen LogP contribution in [0.5, 0.6) is 0 Å². The number of piperidine rings is 1. The van der Waals surface area contributed by atoms with E-state index in [0.29, 0.717) is 0 Å². The third-order valence-corrected chi connectivity index (χ3v) is 6.37. The second-order valence-electron chi connectivity index (χ2n) is 8.32. The summed E-state index contributed by atoms with van der Waals surface area (Å²) in [6.07, 6.45) is 11.5. The van der Waals surface area contributed by atoms with Gasteiger partial charge in [0.05, 0.1) is 0 Å². The number of likely N-dealkylation sites (tertiary alicyclic amines) is 1. The first-order chi connectivity index (χ1) is 13.3. The summed E-state index contributed by atoms with van der Waals surface area (Å²) in [6, 6.07) is 18.0. The first kappa shape index (κ1) is 18.5. The lowest BCUT2D eigenvalue weighted by molar-refractivity contribution is 0.171. The second-order valence-corrected chi connectivity index (χ2v) is 8.32. The highest BCUT2D eigenvalue weighted by Crippen LogP contribution is 2.33. The molecule has 1 heteroatoms. The summed E-state index contributed by atoms with van der Waals surface area (Å²) < 4.78 is 0. The predicted molar refractivity (Wildman–Crippen MR) is 116 cm³/mol. The Morgan fingerprint density at radius 1 is 0.963 bits per heavy atom. The second kappa shape index (κ2) is 8.89. The molecule has 1 nitrogen and oxygen atoms in total. The van der Waals surface area contributed by atoms with Crippen molar-refractivity contribution in [2.45, 2.75) is 51.9 Å². The lowest BCUT2D eigenvalue weighted by Crippen LogP contribution is -2.35. The number of aryl methyl sites for hydroxylation is 2. The van der Waals surface area contributed by atoms with E-state index in [0.717, 1.165) is 25.2 Å². The quantitative estimate of drug-likeness (QED) is 0.621. The lowest BCUT2D eigenvalue weighted by atomic mass is 9.92. The normalized spacial score (nSPS) is 19.9. The molecule has 4 rings (SSSR count). The monoisotopic (exact) mass is 359 g/mol. The van der Waals surface area contributed by atoms with E-state index in [1.54, 1.807) is 0 Å². The summed E-state index contributed by atoms with van der Waals surface area (Å²) in [5.74, 6) is 0.927. The molecule has 0 bridgehead atoms. The van der Waals surface area contributed by atoms with Gasteiger partial charge < -0.3 is 4.90 Å². The Bertz CT molecular complexity index is 737. The lowest BCUT2D eigenvalue weighted by Gasteiger charge is -2.32. The van der Waals surface area contributed by atoms with Crippen LogP contribution in [0.3, 0.4) is 0 Å². The molecule has 0 saturated carbocycles. The van der Waals surface area contributed by atoms with Crippen LogP contribution in [-0.2, 0) is 12.8 Å². The van der Waals surface area contributed by atoms with Gasteiger partial charge in [0.25, 0.3) is 0 Å². The summed E-state index contributed by atoms with van der Waals surface area (Å²) in [5.41, 5.74) is 7.36. The number of rotatable bonds is 5. The molecule has 1 saturated heterocycles. The van der Waals surface area contributed by atoms with Crippen molar-refractivity contribution in [3.05, 3.63) is 76.9 Å². The molecule has 0 spiro atoms. The van der Waals surface area contributed by atoms with Crippen LogP contribution in [0.2, 0.25) is 0 Å². The third-order valence-electron chi connectivity index (χ3n) is 6.37. The predicted octanol–water partition coefficient (Wildman–Crippen LogP) is 6.12. The van der Waals surface area contributed by atoms with Crippen molar-refractivity contribution in [2.75, 3.05) is 19.6 Å². The summed E-state index contributed by atoms with van der Waals surface area (Å²) in [6.45, 7) is 6.12. The molecule has 1 unspecified atom stereocenters. The average Bonchev–Trinajstić information content (AvgIpc) is 2.86. The summed E-state index contributed by atoms with van der Waals surface area (Å²) in [4.78, 5) is 2.70. The van der Waals surface area contributed by atoms with Crippen LogP contribution in [0.15, 0.2) is 54.6 Å². The molecule has 0 N–H and O–H groups in total. The Kier molecular flexibility index (Phi) is 6.09. The smallest absolute Gasteiger partial charge is 0.00164 e. The van der Waals surface area contributed by atoms with E-state index in [9.17, 15) is 0 Å². The van der Waals surface area contributed by atoms with Crippen LogP contribution in [0, 0.1) is 5.92 Å². The first-order valence-electron chi connectivity index (χ1n) is 10.9. The largest absolute Gasteiger partial charge is 0.303 e. The zero-order chi connectivity index (χ0) is 18.5. The zero-order valence-electron chi connectivity index (χ0n) is 16.8.